The maximum absolute atomic E-state index is 13.0. The van der Waals surface area contributed by atoms with E-state index in [0.717, 1.165) is 83.0 Å². The van der Waals surface area contributed by atoms with Crippen molar-refractivity contribution in [2.75, 3.05) is 68.8 Å². The Hall–Kier alpha value is -2.57. The maximum Gasteiger partial charge on any atom is 0.251 e. The van der Waals surface area contributed by atoms with Crippen LogP contribution in [-0.2, 0) is 17.6 Å². The minimum Gasteiger partial charge on any atom is -0.378 e. The number of anilines is 2. The van der Waals surface area contributed by atoms with Crippen LogP contribution in [0.3, 0.4) is 0 Å². The molecule has 1 amide bonds. The molecular weight excluding hydrogens is 424 g/mol. The fourth-order valence-electron chi connectivity index (χ4n) is 5.63. The molecule has 2 aromatic rings. The van der Waals surface area contributed by atoms with Crippen LogP contribution in [0.15, 0.2) is 42.5 Å². The predicted octanol–water partition coefficient (Wildman–Crippen LogP) is 3.34. The molecule has 3 aliphatic rings. The number of nitrogens with zero attached hydrogens (tertiary/aromatic N) is 3. The Morgan fingerprint density at radius 2 is 1.74 bits per heavy atom. The lowest BCUT2D eigenvalue weighted by Crippen LogP contribution is -2.47. The number of morpholine rings is 1. The van der Waals surface area contributed by atoms with Crippen LogP contribution < -0.4 is 15.1 Å². The van der Waals surface area contributed by atoms with E-state index in [2.05, 4.69) is 57.3 Å². The number of nitrogens with one attached hydrogen (secondary N) is 1. The van der Waals surface area contributed by atoms with Crippen LogP contribution in [0, 0.1) is 0 Å². The van der Waals surface area contributed by atoms with Crippen LogP contribution >= 0.6 is 0 Å². The van der Waals surface area contributed by atoms with E-state index in [1.54, 1.807) is 0 Å². The van der Waals surface area contributed by atoms with Gasteiger partial charge < -0.3 is 19.9 Å². The summed E-state index contributed by atoms with van der Waals surface area (Å²) in [6.45, 7) is 11.2. The maximum atomic E-state index is 13.0. The van der Waals surface area contributed by atoms with E-state index in [1.165, 1.54) is 29.8 Å². The molecule has 1 atom stereocenters. The van der Waals surface area contributed by atoms with Gasteiger partial charge in [0.15, 0.2) is 0 Å². The second kappa shape index (κ2) is 10.8. The van der Waals surface area contributed by atoms with Crippen molar-refractivity contribution in [3.63, 3.8) is 0 Å². The van der Waals surface area contributed by atoms with Crippen LogP contribution in [0.5, 0.6) is 0 Å². The first-order valence-electron chi connectivity index (χ1n) is 13.0. The zero-order valence-electron chi connectivity index (χ0n) is 20.5. The molecule has 182 valence electrons. The smallest absolute Gasteiger partial charge is 0.251 e. The molecule has 2 saturated heterocycles. The lowest BCUT2D eigenvalue weighted by Gasteiger charge is -2.38. The number of carbonyl (C=O) groups is 1. The van der Waals surface area contributed by atoms with E-state index >= 15 is 0 Å². The van der Waals surface area contributed by atoms with Crippen molar-refractivity contribution in [3.8, 4) is 0 Å². The number of fused-ring (bicyclic) bond motifs is 1. The summed E-state index contributed by atoms with van der Waals surface area (Å²) in [7, 11) is 0. The summed E-state index contributed by atoms with van der Waals surface area (Å²) in [4.78, 5) is 20.5. The van der Waals surface area contributed by atoms with Crippen LogP contribution in [0.25, 0.3) is 0 Å². The third-order valence-electron chi connectivity index (χ3n) is 7.55. The third kappa shape index (κ3) is 5.23. The summed E-state index contributed by atoms with van der Waals surface area (Å²) in [5.41, 5.74) is 6.17. The number of carbonyl (C=O) groups excluding carboxylic acids is 1. The highest BCUT2D eigenvalue weighted by Crippen LogP contribution is 2.31. The van der Waals surface area contributed by atoms with E-state index in [4.69, 9.17) is 4.74 Å². The highest BCUT2D eigenvalue weighted by atomic mass is 16.5. The summed E-state index contributed by atoms with van der Waals surface area (Å²) in [6, 6.07) is 15.0. The molecule has 0 bridgehead atoms. The van der Waals surface area contributed by atoms with Gasteiger partial charge >= 0.3 is 0 Å². The zero-order chi connectivity index (χ0) is 23.3. The summed E-state index contributed by atoms with van der Waals surface area (Å²) in [6.07, 6.45) is 4.16. The second-order valence-electron chi connectivity index (χ2n) is 9.80. The molecule has 2 fully saturated rings. The summed E-state index contributed by atoms with van der Waals surface area (Å²) >= 11 is 0. The Kier molecular flexibility index (Phi) is 7.36. The van der Waals surface area contributed by atoms with Crippen molar-refractivity contribution >= 4 is 17.3 Å². The lowest BCUT2D eigenvalue weighted by molar-refractivity contribution is 0.0933. The van der Waals surface area contributed by atoms with E-state index < -0.39 is 0 Å². The molecule has 6 heteroatoms. The van der Waals surface area contributed by atoms with Crippen molar-refractivity contribution in [1.29, 1.82) is 0 Å². The van der Waals surface area contributed by atoms with Gasteiger partial charge in [0.05, 0.1) is 13.2 Å². The van der Waals surface area contributed by atoms with Gasteiger partial charge in [-0.05, 0) is 73.7 Å². The number of benzene rings is 2. The Bertz CT molecular complexity index is 963. The van der Waals surface area contributed by atoms with Crippen LogP contribution in [-0.4, -0.2) is 75.9 Å². The fraction of sp³-hybridized carbons (Fsp3) is 0.536. The second-order valence-corrected chi connectivity index (χ2v) is 9.80. The van der Waals surface area contributed by atoms with E-state index in [0.29, 0.717) is 0 Å². The topological polar surface area (TPSA) is 48.0 Å². The number of amides is 1. The van der Waals surface area contributed by atoms with E-state index in [-0.39, 0.29) is 11.9 Å². The standard InChI is InChI=1S/C28H38N4O2/c1-2-12-30-13-15-32(16-14-30)27-5-3-4-22-6-9-24(21-26(22)27)29-28(33)23-7-10-25(11-8-23)31-17-19-34-20-18-31/h3-5,7-8,10-11,24H,2,6,9,12-21H2,1H3,(H,29,33)/t24-/m1/s1. The molecule has 2 heterocycles. The Morgan fingerprint density at radius 3 is 2.47 bits per heavy atom. The predicted molar refractivity (Wildman–Crippen MR) is 138 cm³/mol. The number of hydrogen-bond acceptors (Lipinski definition) is 5. The Labute approximate surface area is 203 Å². The first-order valence-corrected chi connectivity index (χ1v) is 13.0. The molecule has 0 radical (unpaired) electrons. The van der Waals surface area contributed by atoms with Crippen molar-refractivity contribution < 1.29 is 9.53 Å². The van der Waals surface area contributed by atoms with Gasteiger partial charge in [-0.3, -0.25) is 9.69 Å². The normalized spacial score (nSPS) is 21.3. The Balaban J connectivity index is 1.22. The molecule has 0 spiro atoms. The molecule has 0 saturated carbocycles. The summed E-state index contributed by atoms with van der Waals surface area (Å²) < 4.78 is 5.44. The van der Waals surface area contributed by atoms with Gasteiger partial charge in [-0.1, -0.05) is 19.1 Å². The summed E-state index contributed by atoms with van der Waals surface area (Å²) in [5.74, 6) is 0.0349. The molecule has 5 rings (SSSR count). The average molecular weight is 463 g/mol. The van der Waals surface area contributed by atoms with Crippen LogP contribution in [0.1, 0.15) is 41.3 Å². The fourth-order valence-corrected chi connectivity index (χ4v) is 5.63. The van der Waals surface area contributed by atoms with Crippen LogP contribution in [0.4, 0.5) is 11.4 Å². The van der Waals surface area contributed by atoms with Gasteiger partial charge in [0.2, 0.25) is 0 Å². The zero-order valence-corrected chi connectivity index (χ0v) is 20.5. The van der Waals surface area contributed by atoms with Gasteiger partial charge in [-0.2, -0.15) is 0 Å². The van der Waals surface area contributed by atoms with Crippen molar-refractivity contribution in [1.82, 2.24) is 10.2 Å². The van der Waals surface area contributed by atoms with Crippen molar-refractivity contribution in [2.45, 2.75) is 38.6 Å². The lowest BCUT2D eigenvalue weighted by atomic mass is 9.86. The monoisotopic (exact) mass is 462 g/mol. The van der Waals surface area contributed by atoms with Gasteiger partial charge in [-0.15, -0.1) is 0 Å². The van der Waals surface area contributed by atoms with Crippen molar-refractivity contribution in [3.05, 3.63) is 59.2 Å². The SMILES string of the molecule is CCCN1CCN(c2cccc3c2C[C@H](NC(=O)c2ccc(N4CCOCC4)cc2)CC3)CC1. The van der Waals surface area contributed by atoms with Gasteiger partial charge in [0.25, 0.3) is 5.91 Å². The van der Waals surface area contributed by atoms with Crippen LogP contribution in [0.2, 0.25) is 0 Å². The average Bonchev–Trinajstić information content (AvgIpc) is 2.89. The van der Waals surface area contributed by atoms with E-state index in [1.807, 2.05) is 12.1 Å². The Morgan fingerprint density at radius 1 is 0.971 bits per heavy atom. The largest absolute Gasteiger partial charge is 0.378 e. The van der Waals surface area contributed by atoms with E-state index in [9.17, 15) is 4.79 Å². The van der Waals surface area contributed by atoms with Gasteiger partial charge in [0.1, 0.15) is 0 Å². The number of hydrogen-bond donors (Lipinski definition) is 1. The number of piperazine rings is 1. The number of ether oxygens (including phenoxy) is 1. The minimum absolute atomic E-state index is 0.0349. The molecule has 0 unspecified atom stereocenters. The van der Waals surface area contributed by atoms with Crippen molar-refractivity contribution in [2.24, 2.45) is 0 Å². The molecule has 6 nitrogen and oxygen atoms in total. The third-order valence-corrected chi connectivity index (χ3v) is 7.55. The highest BCUT2D eigenvalue weighted by molar-refractivity contribution is 5.94. The summed E-state index contributed by atoms with van der Waals surface area (Å²) in [5, 5.41) is 3.33. The molecule has 1 N–H and O–H groups in total. The highest BCUT2D eigenvalue weighted by Gasteiger charge is 2.26. The van der Waals surface area contributed by atoms with Gasteiger partial charge in [0, 0.05) is 62.2 Å². The number of rotatable bonds is 6. The molecule has 2 aliphatic heterocycles. The first kappa shape index (κ1) is 23.2. The molecular formula is C28H38N4O2. The number of aryl methyl sites for hydroxylation is 1. The molecule has 0 aromatic heterocycles. The molecule has 2 aromatic carbocycles. The molecule has 1 aliphatic carbocycles. The first-order chi connectivity index (χ1) is 16.7. The molecule has 34 heavy (non-hydrogen) atoms. The quantitative estimate of drug-likeness (QED) is 0.714. The minimum atomic E-state index is 0.0349. The van der Waals surface area contributed by atoms with Gasteiger partial charge in [-0.25, -0.2) is 0 Å².